The predicted molar refractivity (Wildman–Crippen MR) is 171 cm³/mol. The molecule has 0 N–H and O–H groups in total. The second-order valence-corrected chi connectivity index (χ2v) is 14.4. The summed E-state index contributed by atoms with van der Waals surface area (Å²) in [4.78, 5) is 48.8. The fourth-order valence-corrected chi connectivity index (χ4v) is 9.38. The molecular weight excluding hydrogens is 582 g/mol. The van der Waals surface area contributed by atoms with E-state index in [1.54, 1.807) is 4.57 Å². The molecule has 1 aromatic carbocycles. The van der Waals surface area contributed by atoms with Gasteiger partial charge in [-0.15, -0.1) is 0 Å². The number of benzene rings is 1. The lowest BCUT2D eigenvalue weighted by atomic mass is 9.75. The van der Waals surface area contributed by atoms with Crippen molar-refractivity contribution < 1.29 is 23.8 Å². The van der Waals surface area contributed by atoms with Crippen LogP contribution in [-0.2, 0) is 32.9 Å². The molecule has 6 aliphatic rings. The highest BCUT2D eigenvalue weighted by Crippen LogP contribution is 2.49. The third-order valence-corrected chi connectivity index (χ3v) is 12.1. The van der Waals surface area contributed by atoms with Crippen molar-refractivity contribution >= 4 is 22.7 Å². The minimum absolute atomic E-state index is 0.0204. The number of Topliss-reactive ketones (excluding diaryl/α,β-unsaturated/α-hetero) is 1. The van der Waals surface area contributed by atoms with Crippen molar-refractivity contribution in [2.75, 3.05) is 26.4 Å². The van der Waals surface area contributed by atoms with Crippen molar-refractivity contribution in [2.24, 2.45) is 11.8 Å². The Morgan fingerprint density at radius 2 is 1.80 bits per heavy atom. The number of carbonyl (C=O) groups is 2. The molecule has 1 saturated heterocycles. The average molecular weight is 624 g/mol. The number of hydrogen-bond donors (Lipinski definition) is 0. The van der Waals surface area contributed by atoms with Crippen LogP contribution in [0, 0.1) is 11.8 Å². The normalized spacial score (nSPS) is 26.4. The third-order valence-electron chi connectivity index (χ3n) is 12.1. The van der Waals surface area contributed by atoms with Crippen molar-refractivity contribution in [2.45, 2.75) is 95.6 Å². The van der Waals surface area contributed by atoms with Gasteiger partial charge in [-0.1, -0.05) is 32.6 Å². The van der Waals surface area contributed by atoms with Crippen LogP contribution in [0.15, 0.2) is 23.0 Å². The van der Waals surface area contributed by atoms with E-state index >= 15 is 0 Å². The van der Waals surface area contributed by atoms with Crippen molar-refractivity contribution in [3.8, 4) is 22.9 Å². The summed E-state index contributed by atoms with van der Waals surface area (Å²) in [6, 6.07) is 5.91. The minimum atomic E-state index is -1.44. The summed E-state index contributed by atoms with van der Waals surface area (Å²) in [5.74, 6) is 2.79. The maximum Gasteiger partial charge on any atom is 0.308 e. The Balaban J connectivity index is 1.05. The monoisotopic (exact) mass is 623 g/mol. The van der Waals surface area contributed by atoms with Crippen molar-refractivity contribution in [1.82, 2.24) is 14.5 Å². The number of pyridine rings is 2. The summed E-state index contributed by atoms with van der Waals surface area (Å²) in [5.41, 5.74) is 3.96. The molecule has 3 aliphatic heterocycles. The number of piperidine rings is 1. The largest absolute Gasteiger partial charge is 0.454 e. The van der Waals surface area contributed by atoms with Crippen LogP contribution in [0.3, 0.4) is 0 Å². The number of aromatic nitrogens is 2. The summed E-state index contributed by atoms with van der Waals surface area (Å²) < 4.78 is 19.4. The van der Waals surface area contributed by atoms with Crippen molar-refractivity contribution in [3.05, 3.63) is 50.8 Å². The number of ether oxygens (including phenoxy) is 3. The van der Waals surface area contributed by atoms with E-state index in [4.69, 9.17) is 19.2 Å². The van der Waals surface area contributed by atoms with Gasteiger partial charge in [0, 0.05) is 47.7 Å². The second-order valence-electron chi connectivity index (χ2n) is 14.4. The van der Waals surface area contributed by atoms with Crippen LogP contribution in [-0.4, -0.2) is 52.6 Å². The van der Waals surface area contributed by atoms with Gasteiger partial charge in [0.25, 0.3) is 5.56 Å². The van der Waals surface area contributed by atoms with E-state index < -0.39 is 5.60 Å². The molecule has 9 rings (SSSR count). The first kappa shape index (κ1) is 28.5. The molecule has 1 unspecified atom stereocenters. The lowest BCUT2D eigenvalue weighted by molar-refractivity contribution is -0.168. The fraction of sp³-hybridized carbons (Fsp3) is 0.568. The van der Waals surface area contributed by atoms with Gasteiger partial charge in [0.15, 0.2) is 22.9 Å². The number of nitrogens with zero attached hydrogens (tertiary/aromatic N) is 3. The van der Waals surface area contributed by atoms with Crippen LogP contribution < -0.4 is 15.0 Å². The summed E-state index contributed by atoms with van der Waals surface area (Å²) in [6.45, 7) is 5.19. The van der Waals surface area contributed by atoms with Gasteiger partial charge in [0.1, 0.15) is 0 Å². The topological polar surface area (TPSA) is 100.0 Å². The quantitative estimate of drug-likeness (QED) is 0.256. The van der Waals surface area contributed by atoms with E-state index in [1.807, 2.05) is 25.1 Å². The lowest BCUT2D eigenvalue weighted by Crippen LogP contribution is -2.43. The maximum atomic E-state index is 14.1. The summed E-state index contributed by atoms with van der Waals surface area (Å²) >= 11 is 0. The van der Waals surface area contributed by atoms with Crippen LogP contribution in [0.2, 0.25) is 0 Å². The van der Waals surface area contributed by atoms with Gasteiger partial charge in [0.2, 0.25) is 6.79 Å². The molecule has 0 radical (unpaired) electrons. The second kappa shape index (κ2) is 10.7. The van der Waals surface area contributed by atoms with Crippen LogP contribution >= 0.6 is 0 Å². The van der Waals surface area contributed by atoms with Crippen LogP contribution in [0.5, 0.6) is 11.5 Å². The molecule has 3 aliphatic carbocycles. The smallest absolute Gasteiger partial charge is 0.308 e. The molecule has 2 saturated carbocycles. The van der Waals surface area contributed by atoms with Gasteiger partial charge in [0.05, 0.1) is 29.9 Å². The van der Waals surface area contributed by atoms with E-state index in [1.165, 1.54) is 44.1 Å². The third kappa shape index (κ3) is 4.23. The molecule has 240 valence electrons. The first-order chi connectivity index (χ1) is 22.4. The summed E-state index contributed by atoms with van der Waals surface area (Å²) in [6.07, 6.45) is 10.4. The molecule has 0 bridgehead atoms. The first-order valence-electron chi connectivity index (χ1n) is 17.4. The van der Waals surface area contributed by atoms with Crippen LogP contribution in [0.25, 0.3) is 22.3 Å². The van der Waals surface area contributed by atoms with Gasteiger partial charge < -0.3 is 23.7 Å². The number of fused-ring (bicyclic) bond motifs is 7. The Morgan fingerprint density at radius 3 is 2.59 bits per heavy atom. The minimum Gasteiger partial charge on any atom is -0.454 e. The number of hydrogen-bond acceptors (Lipinski definition) is 8. The van der Waals surface area contributed by atoms with Gasteiger partial charge in [-0.3, -0.25) is 14.4 Å². The Kier molecular flexibility index (Phi) is 6.60. The maximum absolute atomic E-state index is 14.1. The van der Waals surface area contributed by atoms with Crippen molar-refractivity contribution in [1.29, 1.82) is 0 Å². The molecule has 0 spiro atoms. The standard InChI is InChI=1S/C37H41N3O6/c1-2-37(46-33(42)11-13-39-12-10-21-6-3-4-7-23(21)18-39)27-16-29-35-26(19-40(29)36(43)24(27)15-32(37)41)34(22-8-5-9-22)25-14-30-31(45-20-44-30)17-28(25)38-35/h14,16-17,21-23H,2-13,15,18-20H2,1H3/t21-,23-,37?/m1/s1. The predicted octanol–water partition coefficient (Wildman–Crippen LogP) is 5.60. The average Bonchev–Trinajstić information content (AvgIpc) is 3.73. The van der Waals surface area contributed by atoms with Gasteiger partial charge >= 0.3 is 5.97 Å². The number of esters is 1. The zero-order chi connectivity index (χ0) is 31.2. The van der Waals surface area contributed by atoms with Crippen molar-refractivity contribution in [3.63, 3.8) is 0 Å². The molecule has 0 amide bonds. The van der Waals surface area contributed by atoms with E-state index in [9.17, 15) is 14.4 Å². The number of rotatable bonds is 6. The zero-order valence-electron chi connectivity index (χ0n) is 26.6. The van der Waals surface area contributed by atoms with Crippen LogP contribution in [0.4, 0.5) is 0 Å². The van der Waals surface area contributed by atoms with Gasteiger partial charge in [-0.2, -0.15) is 0 Å². The molecule has 2 aromatic heterocycles. The highest BCUT2D eigenvalue weighted by atomic mass is 16.7. The molecule has 46 heavy (non-hydrogen) atoms. The number of ketones is 1. The molecule has 5 heterocycles. The number of likely N-dealkylation sites (tertiary alicyclic amines) is 1. The van der Waals surface area contributed by atoms with E-state index in [0.29, 0.717) is 41.6 Å². The highest BCUT2D eigenvalue weighted by molar-refractivity contribution is 5.98. The zero-order valence-corrected chi connectivity index (χ0v) is 26.6. The molecule has 3 fully saturated rings. The fourth-order valence-electron chi connectivity index (χ4n) is 9.38. The van der Waals surface area contributed by atoms with E-state index in [2.05, 4.69) is 4.90 Å². The SMILES string of the molecule is CCC1(OC(=O)CCN2CC[C@H]3CCCC[C@@H]3C2)C(=O)Cc2c1cc1n(c2=O)Cc2c-1nc1cc3c(cc1c2C1CCC1)OCO3. The Bertz CT molecular complexity index is 1860. The summed E-state index contributed by atoms with van der Waals surface area (Å²) in [7, 11) is 0. The van der Waals surface area contributed by atoms with Gasteiger partial charge in [-0.25, -0.2) is 4.98 Å². The van der Waals surface area contributed by atoms with E-state index in [0.717, 1.165) is 65.7 Å². The van der Waals surface area contributed by atoms with E-state index in [-0.39, 0.29) is 43.4 Å². The molecule has 9 heteroatoms. The molecule has 3 aromatic rings. The lowest BCUT2D eigenvalue weighted by Gasteiger charge is -2.41. The van der Waals surface area contributed by atoms with Crippen LogP contribution in [0.1, 0.15) is 99.3 Å². The number of carbonyl (C=O) groups excluding carboxylic acids is 2. The molecule has 9 nitrogen and oxygen atoms in total. The Hall–Kier alpha value is -3.72. The summed E-state index contributed by atoms with van der Waals surface area (Å²) in [5, 5.41) is 1.06. The molecular formula is C37H41N3O6. The Labute approximate surface area is 268 Å². The Morgan fingerprint density at radius 1 is 1.00 bits per heavy atom. The first-order valence-corrected chi connectivity index (χ1v) is 17.4. The molecule has 3 atom stereocenters. The highest BCUT2D eigenvalue weighted by Gasteiger charge is 2.51. The van der Waals surface area contributed by atoms with Gasteiger partial charge in [-0.05, 0) is 74.1 Å².